The monoisotopic (exact) mass is 328 g/mol. The van der Waals surface area contributed by atoms with E-state index in [-0.39, 0.29) is 11.3 Å². The summed E-state index contributed by atoms with van der Waals surface area (Å²) in [7, 11) is 3.11. The van der Waals surface area contributed by atoms with Gasteiger partial charge >= 0.3 is 0 Å². The summed E-state index contributed by atoms with van der Waals surface area (Å²) >= 11 is 1.39. The van der Waals surface area contributed by atoms with Gasteiger partial charge in [0.15, 0.2) is 11.5 Å². The Morgan fingerprint density at radius 2 is 1.96 bits per heavy atom. The Labute approximate surface area is 137 Å². The summed E-state index contributed by atoms with van der Waals surface area (Å²) in [5, 5.41) is 5.05. The van der Waals surface area contributed by atoms with E-state index in [9.17, 15) is 9.59 Å². The number of fused-ring (bicyclic) bond motifs is 1. The first-order chi connectivity index (χ1) is 11.0. The van der Waals surface area contributed by atoms with Gasteiger partial charge in [-0.3, -0.25) is 9.59 Å². The predicted molar refractivity (Wildman–Crippen MR) is 91.6 cm³/mol. The van der Waals surface area contributed by atoms with Gasteiger partial charge in [-0.05, 0) is 19.9 Å². The molecule has 0 atom stereocenters. The standard InChI is InChI=1S/C17H16N2O3S/c1-9-15(22-4)14(17(21)19(3)18-9)13-11-7-5-6-8-12(11)23-16(13)10(2)20/h5-8H,1-4H3. The third-order valence-electron chi connectivity index (χ3n) is 3.73. The molecule has 6 heteroatoms. The minimum Gasteiger partial charge on any atom is -0.494 e. The van der Waals surface area contributed by atoms with Gasteiger partial charge in [0.25, 0.3) is 5.56 Å². The summed E-state index contributed by atoms with van der Waals surface area (Å²) in [5.41, 5.74) is 1.36. The van der Waals surface area contributed by atoms with E-state index in [1.165, 1.54) is 30.1 Å². The Hall–Kier alpha value is -2.47. The lowest BCUT2D eigenvalue weighted by Crippen LogP contribution is -2.23. The van der Waals surface area contributed by atoms with Crippen LogP contribution in [0, 0.1) is 6.92 Å². The van der Waals surface area contributed by atoms with Crippen LogP contribution in [0.5, 0.6) is 5.75 Å². The van der Waals surface area contributed by atoms with Crippen molar-refractivity contribution in [3.05, 3.63) is 45.2 Å². The summed E-state index contributed by atoms with van der Waals surface area (Å²) in [6, 6.07) is 7.68. The first-order valence-electron chi connectivity index (χ1n) is 7.10. The molecule has 0 spiro atoms. The molecule has 0 amide bonds. The number of nitrogens with zero attached hydrogens (tertiary/aromatic N) is 2. The number of rotatable bonds is 3. The van der Waals surface area contributed by atoms with Crippen molar-refractivity contribution in [2.75, 3.05) is 7.11 Å². The molecule has 0 radical (unpaired) electrons. The number of ketones is 1. The summed E-state index contributed by atoms with van der Waals surface area (Å²) in [6.45, 7) is 3.29. The molecule has 2 aromatic heterocycles. The van der Waals surface area contributed by atoms with Crippen molar-refractivity contribution in [2.24, 2.45) is 7.05 Å². The zero-order valence-electron chi connectivity index (χ0n) is 13.3. The van der Waals surface area contributed by atoms with Crippen LogP contribution in [0.15, 0.2) is 29.1 Å². The SMILES string of the molecule is COc1c(C)nn(C)c(=O)c1-c1c(C(C)=O)sc2ccccc12. The van der Waals surface area contributed by atoms with E-state index in [0.717, 1.165) is 10.1 Å². The van der Waals surface area contributed by atoms with Crippen LogP contribution in [-0.4, -0.2) is 22.7 Å². The third-order valence-corrected chi connectivity index (χ3v) is 5.00. The summed E-state index contributed by atoms with van der Waals surface area (Å²) in [4.78, 5) is 25.4. The second kappa shape index (κ2) is 5.62. The van der Waals surface area contributed by atoms with Gasteiger partial charge in [-0.2, -0.15) is 5.10 Å². The fraction of sp³-hybridized carbons (Fsp3) is 0.235. The molecule has 0 aliphatic rings. The summed E-state index contributed by atoms with van der Waals surface area (Å²) in [6.07, 6.45) is 0. The van der Waals surface area contributed by atoms with Crippen molar-refractivity contribution in [1.29, 1.82) is 0 Å². The van der Waals surface area contributed by atoms with E-state index in [2.05, 4.69) is 5.10 Å². The minimum atomic E-state index is -0.279. The normalized spacial score (nSPS) is 11.0. The van der Waals surface area contributed by atoms with Crippen molar-refractivity contribution >= 4 is 27.2 Å². The van der Waals surface area contributed by atoms with Crippen LogP contribution in [0.2, 0.25) is 0 Å². The van der Waals surface area contributed by atoms with Crippen LogP contribution in [0.3, 0.4) is 0 Å². The maximum Gasteiger partial charge on any atom is 0.278 e. The second-order valence-corrected chi connectivity index (χ2v) is 6.33. The largest absolute Gasteiger partial charge is 0.494 e. The number of ether oxygens (including phenoxy) is 1. The van der Waals surface area contributed by atoms with Crippen molar-refractivity contribution < 1.29 is 9.53 Å². The maximum absolute atomic E-state index is 12.7. The fourth-order valence-electron chi connectivity index (χ4n) is 2.77. The van der Waals surface area contributed by atoms with Gasteiger partial charge in [-0.1, -0.05) is 18.2 Å². The number of hydrogen-bond donors (Lipinski definition) is 0. The molecule has 0 bridgehead atoms. The Bertz CT molecular complexity index is 985. The van der Waals surface area contributed by atoms with Gasteiger partial charge in [0.1, 0.15) is 5.69 Å². The lowest BCUT2D eigenvalue weighted by molar-refractivity contribution is 0.102. The molecule has 5 nitrogen and oxygen atoms in total. The number of carbonyl (C=O) groups is 1. The highest BCUT2D eigenvalue weighted by atomic mass is 32.1. The molecule has 1 aromatic carbocycles. The molecule has 118 valence electrons. The number of carbonyl (C=O) groups excluding carboxylic acids is 1. The van der Waals surface area contributed by atoms with E-state index in [4.69, 9.17) is 4.74 Å². The zero-order valence-corrected chi connectivity index (χ0v) is 14.2. The molecular weight excluding hydrogens is 312 g/mol. The number of hydrogen-bond acceptors (Lipinski definition) is 5. The molecule has 0 unspecified atom stereocenters. The topological polar surface area (TPSA) is 61.2 Å². The molecule has 0 saturated carbocycles. The summed E-state index contributed by atoms with van der Waals surface area (Å²) < 4.78 is 7.68. The third kappa shape index (κ3) is 2.35. The predicted octanol–water partition coefficient (Wildman–Crippen LogP) is 3.18. The quantitative estimate of drug-likeness (QED) is 0.693. The van der Waals surface area contributed by atoms with Crippen LogP contribution in [-0.2, 0) is 7.05 Å². The van der Waals surface area contributed by atoms with Crippen molar-refractivity contribution in [2.45, 2.75) is 13.8 Å². The highest BCUT2D eigenvalue weighted by Crippen LogP contribution is 2.41. The van der Waals surface area contributed by atoms with E-state index >= 15 is 0 Å². The van der Waals surface area contributed by atoms with Gasteiger partial charge in [0, 0.05) is 22.7 Å². The molecule has 3 aromatic rings. The number of aryl methyl sites for hydroxylation is 2. The van der Waals surface area contributed by atoms with Gasteiger partial charge in [-0.15, -0.1) is 11.3 Å². The minimum absolute atomic E-state index is 0.0697. The lowest BCUT2D eigenvalue weighted by atomic mass is 10.0. The van der Waals surface area contributed by atoms with Gasteiger partial charge in [-0.25, -0.2) is 4.68 Å². The number of thiophene rings is 1. The molecule has 3 rings (SSSR count). The molecule has 0 saturated heterocycles. The Morgan fingerprint density at radius 3 is 2.61 bits per heavy atom. The highest BCUT2D eigenvalue weighted by molar-refractivity contribution is 7.21. The van der Waals surface area contributed by atoms with Gasteiger partial charge in [0.05, 0.1) is 17.6 Å². The van der Waals surface area contributed by atoms with E-state index in [1.54, 1.807) is 14.0 Å². The van der Waals surface area contributed by atoms with Crippen LogP contribution in [0.25, 0.3) is 21.2 Å². The molecule has 0 N–H and O–H groups in total. The molecule has 23 heavy (non-hydrogen) atoms. The van der Waals surface area contributed by atoms with Crippen LogP contribution in [0.1, 0.15) is 22.3 Å². The zero-order chi connectivity index (χ0) is 16.7. The smallest absolute Gasteiger partial charge is 0.278 e. The van der Waals surface area contributed by atoms with Crippen molar-refractivity contribution in [3.63, 3.8) is 0 Å². The second-order valence-electron chi connectivity index (χ2n) is 5.28. The average molecular weight is 328 g/mol. The first-order valence-corrected chi connectivity index (χ1v) is 7.92. The van der Waals surface area contributed by atoms with Crippen molar-refractivity contribution in [1.82, 2.24) is 9.78 Å². The number of Topliss-reactive ketones (excluding diaryl/α,β-unsaturated/α-hetero) is 1. The van der Waals surface area contributed by atoms with E-state index in [1.807, 2.05) is 24.3 Å². The van der Waals surface area contributed by atoms with Crippen LogP contribution in [0.4, 0.5) is 0 Å². The van der Waals surface area contributed by atoms with E-state index in [0.29, 0.717) is 27.4 Å². The maximum atomic E-state index is 12.7. The average Bonchev–Trinajstić information content (AvgIpc) is 2.90. The molecule has 0 aliphatic heterocycles. The Balaban J connectivity index is 2.54. The first kappa shape index (κ1) is 15.4. The molecular formula is C17H16N2O3S. The Kier molecular flexibility index (Phi) is 3.77. The van der Waals surface area contributed by atoms with Gasteiger partial charge in [0.2, 0.25) is 0 Å². The fourth-order valence-corrected chi connectivity index (χ4v) is 3.87. The van der Waals surface area contributed by atoms with Gasteiger partial charge < -0.3 is 4.74 Å². The molecule has 2 heterocycles. The van der Waals surface area contributed by atoms with E-state index < -0.39 is 0 Å². The number of methoxy groups -OCH3 is 1. The number of aromatic nitrogens is 2. The molecule has 0 aliphatic carbocycles. The van der Waals surface area contributed by atoms with Crippen molar-refractivity contribution in [3.8, 4) is 16.9 Å². The lowest BCUT2D eigenvalue weighted by Gasteiger charge is -2.12. The Morgan fingerprint density at radius 1 is 1.26 bits per heavy atom. The van der Waals surface area contributed by atoms with Crippen LogP contribution >= 0.6 is 11.3 Å². The molecule has 0 fully saturated rings. The number of benzene rings is 1. The highest BCUT2D eigenvalue weighted by Gasteiger charge is 2.24. The van der Waals surface area contributed by atoms with Crippen LogP contribution < -0.4 is 10.3 Å². The summed E-state index contributed by atoms with van der Waals surface area (Å²) in [5.74, 6) is 0.346.